The monoisotopic (exact) mass is 597 g/mol. The summed E-state index contributed by atoms with van der Waals surface area (Å²) in [6.45, 7) is 3.97. The van der Waals surface area contributed by atoms with Gasteiger partial charge >= 0.3 is 0 Å². The molecule has 2 amide bonds. The number of aromatic nitrogens is 1. The smallest absolute Gasteiger partial charge is 0.256 e. The van der Waals surface area contributed by atoms with Gasteiger partial charge in [0.2, 0.25) is 11.3 Å². The first-order valence-corrected chi connectivity index (χ1v) is 15.5. The Labute approximate surface area is 254 Å². The van der Waals surface area contributed by atoms with Crippen LogP contribution in [0.15, 0.2) is 53.5 Å². The van der Waals surface area contributed by atoms with Gasteiger partial charge in [0.25, 0.3) is 5.91 Å². The number of ether oxygens (including phenoxy) is 1. The van der Waals surface area contributed by atoms with Crippen LogP contribution in [-0.4, -0.2) is 72.0 Å². The first-order chi connectivity index (χ1) is 21.4. The van der Waals surface area contributed by atoms with Crippen molar-refractivity contribution in [2.24, 2.45) is 0 Å². The number of nitrogens with one attached hydrogen (secondary N) is 2. The number of rotatable bonds is 8. The van der Waals surface area contributed by atoms with Gasteiger partial charge in [0.05, 0.1) is 11.1 Å². The van der Waals surface area contributed by atoms with Crippen LogP contribution in [0.2, 0.25) is 0 Å². The molecule has 0 radical (unpaired) electrons. The van der Waals surface area contributed by atoms with E-state index in [0.29, 0.717) is 36.1 Å². The molecular formula is C34H36FN5O4. The van der Waals surface area contributed by atoms with Crippen molar-refractivity contribution in [2.75, 3.05) is 45.1 Å². The minimum atomic E-state index is -0.795. The molecule has 0 saturated carbocycles. The molecule has 2 fully saturated rings. The van der Waals surface area contributed by atoms with Crippen molar-refractivity contribution >= 4 is 39.2 Å². The maximum absolute atomic E-state index is 15.8. The average molecular weight is 598 g/mol. The van der Waals surface area contributed by atoms with E-state index in [0.717, 1.165) is 68.6 Å². The number of likely N-dealkylation sites (tertiary alicyclic amines) is 2. The third-order valence-electron chi connectivity index (χ3n) is 9.29. The third-order valence-corrected chi connectivity index (χ3v) is 9.29. The molecule has 2 saturated heterocycles. The van der Waals surface area contributed by atoms with Gasteiger partial charge in [-0.1, -0.05) is 24.3 Å². The van der Waals surface area contributed by atoms with E-state index in [2.05, 4.69) is 27.5 Å². The Balaban J connectivity index is 1.29. The van der Waals surface area contributed by atoms with E-state index >= 15 is 4.39 Å². The molecule has 228 valence electrons. The normalized spacial score (nSPS) is 18.0. The van der Waals surface area contributed by atoms with E-state index in [1.165, 1.54) is 6.20 Å². The van der Waals surface area contributed by atoms with Crippen LogP contribution in [0.25, 0.3) is 27.4 Å². The molecule has 9 nitrogen and oxygen atoms in total. The largest absolute Gasteiger partial charge is 0.451 e. The Morgan fingerprint density at radius 2 is 1.82 bits per heavy atom. The van der Waals surface area contributed by atoms with Crippen LogP contribution in [0.4, 0.5) is 10.1 Å². The van der Waals surface area contributed by atoms with Gasteiger partial charge in [0, 0.05) is 31.7 Å². The summed E-state index contributed by atoms with van der Waals surface area (Å²) in [4.78, 5) is 44.7. The molecule has 0 aliphatic carbocycles. The molecule has 1 unspecified atom stereocenters. The van der Waals surface area contributed by atoms with Crippen LogP contribution in [0.3, 0.4) is 0 Å². The molecule has 0 spiro atoms. The Morgan fingerprint density at radius 1 is 1.05 bits per heavy atom. The number of halogens is 1. The lowest BCUT2D eigenvalue weighted by Gasteiger charge is -2.26. The quantitative estimate of drug-likeness (QED) is 0.261. The number of pyridine rings is 1. The molecule has 7 rings (SSSR count). The summed E-state index contributed by atoms with van der Waals surface area (Å²) in [7, 11) is 2.08. The highest BCUT2D eigenvalue weighted by Crippen LogP contribution is 2.46. The number of benzene rings is 3. The third kappa shape index (κ3) is 5.22. The number of amides is 2. The lowest BCUT2D eigenvalue weighted by atomic mass is 10.0. The van der Waals surface area contributed by atoms with Crippen molar-refractivity contribution in [1.82, 2.24) is 19.7 Å². The number of hydrogen-bond donors (Lipinski definition) is 2. The highest BCUT2D eigenvalue weighted by Gasteiger charge is 2.30. The van der Waals surface area contributed by atoms with E-state index < -0.39 is 17.2 Å². The molecule has 4 heterocycles. The summed E-state index contributed by atoms with van der Waals surface area (Å²) in [5.41, 5.74) is 0.130. The van der Waals surface area contributed by atoms with Crippen molar-refractivity contribution < 1.29 is 18.7 Å². The fraction of sp³-hybridized carbons (Fsp3) is 0.382. The van der Waals surface area contributed by atoms with Gasteiger partial charge in [-0.15, -0.1) is 0 Å². The standard InChI is InChI=1S/C34H36FN5O4/c1-38-13-6-9-23(38)10-12-36-34(43)25-20-40-27-17-21-7-2-3-8-22(21)18-28(27)44-33-30(26(35)19-24(31(33)40)32(25)42)37-29(41)11-16-39-14-4-5-15-39/h2-3,7-8,17-20,23H,4-6,9-16H2,1H3,(H,36,43)(H,37,41). The number of carbonyl (C=O) groups excluding carboxylic acids is 2. The van der Waals surface area contributed by atoms with E-state index in [4.69, 9.17) is 4.74 Å². The number of nitrogens with zero attached hydrogens (tertiary/aromatic N) is 3. The van der Waals surface area contributed by atoms with Crippen LogP contribution in [0.5, 0.6) is 11.5 Å². The van der Waals surface area contributed by atoms with Gasteiger partial charge in [-0.3, -0.25) is 14.4 Å². The van der Waals surface area contributed by atoms with Crippen LogP contribution in [0, 0.1) is 5.82 Å². The summed E-state index contributed by atoms with van der Waals surface area (Å²) < 4.78 is 23.8. The van der Waals surface area contributed by atoms with E-state index in [9.17, 15) is 14.4 Å². The molecule has 3 aromatic carbocycles. The second-order valence-electron chi connectivity index (χ2n) is 12.1. The Morgan fingerprint density at radius 3 is 2.57 bits per heavy atom. The van der Waals surface area contributed by atoms with Crippen LogP contribution in [-0.2, 0) is 4.79 Å². The van der Waals surface area contributed by atoms with Gasteiger partial charge in [-0.25, -0.2) is 4.39 Å². The van der Waals surface area contributed by atoms with Crippen LogP contribution < -0.4 is 20.8 Å². The maximum Gasteiger partial charge on any atom is 0.256 e. The lowest BCUT2D eigenvalue weighted by Crippen LogP contribution is -2.34. The molecule has 1 aromatic heterocycles. The molecule has 10 heteroatoms. The predicted octanol–water partition coefficient (Wildman–Crippen LogP) is 5.03. The van der Waals surface area contributed by atoms with Gasteiger partial charge < -0.3 is 29.7 Å². The fourth-order valence-electron chi connectivity index (χ4n) is 6.84. The van der Waals surface area contributed by atoms with Crippen molar-refractivity contribution in [3.8, 4) is 17.2 Å². The van der Waals surface area contributed by atoms with Gasteiger partial charge in [-0.2, -0.15) is 0 Å². The Bertz CT molecular complexity index is 1850. The van der Waals surface area contributed by atoms with E-state index in [-0.39, 0.29) is 34.7 Å². The summed E-state index contributed by atoms with van der Waals surface area (Å²) in [6, 6.07) is 13.0. The second kappa shape index (κ2) is 11.7. The minimum Gasteiger partial charge on any atom is -0.451 e. The average Bonchev–Trinajstić information content (AvgIpc) is 3.70. The van der Waals surface area contributed by atoms with Crippen molar-refractivity contribution in [3.63, 3.8) is 0 Å². The number of anilines is 1. The summed E-state index contributed by atoms with van der Waals surface area (Å²) in [5.74, 6) is -1.16. The summed E-state index contributed by atoms with van der Waals surface area (Å²) >= 11 is 0. The molecule has 2 N–H and O–H groups in total. The number of fused-ring (bicyclic) bond motifs is 3. The first-order valence-electron chi connectivity index (χ1n) is 15.5. The number of hydrogen-bond acceptors (Lipinski definition) is 6. The molecule has 3 aliphatic heterocycles. The zero-order chi connectivity index (χ0) is 30.4. The molecule has 44 heavy (non-hydrogen) atoms. The fourth-order valence-corrected chi connectivity index (χ4v) is 6.84. The maximum atomic E-state index is 15.8. The summed E-state index contributed by atoms with van der Waals surface area (Å²) in [5, 5.41) is 7.50. The van der Waals surface area contributed by atoms with E-state index in [1.54, 1.807) is 4.57 Å². The zero-order valence-electron chi connectivity index (χ0n) is 24.8. The molecule has 4 aromatic rings. The lowest BCUT2D eigenvalue weighted by molar-refractivity contribution is -0.116. The van der Waals surface area contributed by atoms with Gasteiger partial charge in [0.1, 0.15) is 16.8 Å². The highest BCUT2D eigenvalue weighted by molar-refractivity contribution is 6.04. The highest BCUT2D eigenvalue weighted by atomic mass is 19.1. The second-order valence-corrected chi connectivity index (χ2v) is 12.1. The van der Waals surface area contributed by atoms with Gasteiger partial charge in [-0.05, 0) is 87.8 Å². The Hall–Kier alpha value is -4.28. The van der Waals surface area contributed by atoms with E-state index in [1.807, 2.05) is 36.4 Å². The predicted molar refractivity (Wildman–Crippen MR) is 169 cm³/mol. The van der Waals surface area contributed by atoms with Crippen molar-refractivity contribution in [3.05, 3.63) is 70.3 Å². The van der Waals surface area contributed by atoms with Crippen molar-refractivity contribution in [2.45, 2.75) is 44.6 Å². The minimum absolute atomic E-state index is 0.00884. The molecular weight excluding hydrogens is 561 g/mol. The first kappa shape index (κ1) is 28.5. The molecule has 1 atom stereocenters. The van der Waals surface area contributed by atoms with Crippen molar-refractivity contribution in [1.29, 1.82) is 0 Å². The topological polar surface area (TPSA) is 95.9 Å². The zero-order valence-corrected chi connectivity index (χ0v) is 24.8. The summed E-state index contributed by atoms with van der Waals surface area (Å²) in [6.07, 6.45) is 6.95. The van der Waals surface area contributed by atoms with Gasteiger partial charge in [0.15, 0.2) is 17.3 Å². The molecule has 0 bridgehead atoms. The molecule has 3 aliphatic rings. The van der Waals surface area contributed by atoms with Crippen LogP contribution >= 0.6 is 0 Å². The Kier molecular flexibility index (Phi) is 7.55. The van der Waals surface area contributed by atoms with Crippen LogP contribution in [0.1, 0.15) is 48.9 Å². The number of carbonyl (C=O) groups is 2. The SMILES string of the molecule is CN1CCCC1CCNC(=O)c1cn2c3c(c(NC(=O)CCN4CCCC4)c(F)cc3c1=O)Oc1cc3ccccc3cc1-2.